The summed E-state index contributed by atoms with van der Waals surface area (Å²) in [4.78, 5) is 27.5. The first-order valence-electron chi connectivity index (χ1n) is 10.8. The Kier molecular flexibility index (Phi) is 7.65. The molecule has 0 aliphatic rings. The molecule has 5 nitrogen and oxygen atoms in total. The van der Waals surface area contributed by atoms with Gasteiger partial charge in [-0.1, -0.05) is 73.2 Å². The van der Waals surface area contributed by atoms with Crippen LogP contribution >= 0.6 is 0 Å². The lowest BCUT2D eigenvalue weighted by atomic mass is 10.1. The number of hydrogen-bond donors (Lipinski definition) is 1. The van der Waals surface area contributed by atoms with Crippen LogP contribution in [0.3, 0.4) is 0 Å². The van der Waals surface area contributed by atoms with Crippen molar-refractivity contribution in [2.45, 2.75) is 39.8 Å². The van der Waals surface area contributed by atoms with E-state index in [0.717, 1.165) is 21.9 Å². The lowest BCUT2D eigenvalue weighted by Gasteiger charge is -2.30. The van der Waals surface area contributed by atoms with Crippen molar-refractivity contribution in [3.05, 3.63) is 77.9 Å². The minimum atomic E-state index is -0.551. The van der Waals surface area contributed by atoms with E-state index in [1.54, 1.807) is 4.90 Å². The zero-order valence-corrected chi connectivity index (χ0v) is 18.4. The van der Waals surface area contributed by atoms with Crippen LogP contribution in [-0.2, 0) is 16.1 Å². The predicted molar refractivity (Wildman–Crippen MR) is 124 cm³/mol. The zero-order chi connectivity index (χ0) is 22.2. The van der Waals surface area contributed by atoms with Gasteiger partial charge in [-0.15, -0.1) is 0 Å². The van der Waals surface area contributed by atoms with Gasteiger partial charge < -0.3 is 15.0 Å². The molecule has 1 N–H and O–H groups in total. The molecular formula is C26H30N2O3. The van der Waals surface area contributed by atoms with Crippen LogP contribution in [0.25, 0.3) is 10.8 Å². The molecule has 0 aromatic heterocycles. The highest BCUT2D eigenvalue weighted by Crippen LogP contribution is 2.25. The highest BCUT2D eigenvalue weighted by molar-refractivity contribution is 5.90. The van der Waals surface area contributed by atoms with E-state index in [9.17, 15) is 9.59 Å². The molecule has 5 heteroatoms. The molecule has 0 bridgehead atoms. The van der Waals surface area contributed by atoms with Gasteiger partial charge in [0.25, 0.3) is 5.91 Å². The van der Waals surface area contributed by atoms with Crippen molar-refractivity contribution >= 4 is 22.6 Å². The molecule has 0 radical (unpaired) electrons. The predicted octanol–water partition coefficient (Wildman–Crippen LogP) is 4.47. The lowest BCUT2D eigenvalue weighted by molar-refractivity contribution is -0.142. The zero-order valence-electron chi connectivity index (χ0n) is 18.4. The summed E-state index contributed by atoms with van der Waals surface area (Å²) < 4.78 is 5.93. The third-order valence-electron chi connectivity index (χ3n) is 5.31. The Morgan fingerprint density at radius 3 is 2.39 bits per heavy atom. The standard InChI is InChI=1S/C26H30N2O3/c1-4-23(26(30)27-5-2)28(17-20-15-13-19(3)14-16-20)25(29)18-31-24-12-8-10-21-9-6-7-11-22(21)24/h6-16,23H,4-5,17-18H2,1-3H3,(H,27,30)/t23-/m1/s1. The number of carbonyl (C=O) groups is 2. The van der Waals surface area contributed by atoms with Gasteiger partial charge in [-0.25, -0.2) is 0 Å². The molecule has 0 unspecified atom stereocenters. The van der Waals surface area contributed by atoms with Crippen molar-refractivity contribution in [3.63, 3.8) is 0 Å². The van der Waals surface area contributed by atoms with Gasteiger partial charge in [0, 0.05) is 18.5 Å². The number of rotatable bonds is 9. The summed E-state index contributed by atoms with van der Waals surface area (Å²) in [5, 5.41) is 4.86. The average molecular weight is 419 g/mol. The van der Waals surface area contributed by atoms with Crippen molar-refractivity contribution in [1.29, 1.82) is 0 Å². The molecule has 0 spiro atoms. The number of likely N-dealkylation sites (N-methyl/N-ethyl adjacent to an activating group) is 1. The van der Waals surface area contributed by atoms with E-state index in [4.69, 9.17) is 4.74 Å². The molecule has 0 aliphatic carbocycles. The van der Waals surface area contributed by atoms with Gasteiger partial charge in [0.15, 0.2) is 6.61 Å². The van der Waals surface area contributed by atoms with Gasteiger partial charge in [0.05, 0.1) is 0 Å². The second kappa shape index (κ2) is 10.6. The number of aryl methyl sites for hydroxylation is 1. The summed E-state index contributed by atoms with van der Waals surface area (Å²) in [5.41, 5.74) is 2.13. The minimum Gasteiger partial charge on any atom is -0.483 e. The topological polar surface area (TPSA) is 58.6 Å². The van der Waals surface area contributed by atoms with Crippen LogP contribution < -0.4 is 10.1 Å². The fourth-order valence-corrected chi connectivity index (χ4v) is 3.65. The molecule has 0 heterocycles. The van der Waals surface area contributed by atoms with E-state index >= 15 is 0 Å². The first-order valence-corrected chi connectivity index (χ1v) is 10.8. The van der Waals surface area contributed by atoms with Gasteiger partial charge >= 0.3 is 0 Å². The van der Waals surface area contributed by atoms with Gasteiger partial charge in [0.1, 0.15) is 11.8 Å². The van der Waals surface area contributed by atoms with E-state index in [2.05, 4.69) is 5.32 Å². The molecular weight excluding hydrogens is 388 g/mol. The fourth-order valence-electron chi connectivity index (χ4n) is 3.65. The van der Waals surface area contributed by atoms with E-state index < -0.39 is 6.04 Å². The number of amides is 2. The number of hydrogen-bond acceptors (Lipinski definition) is 3. The number of ether oxygens (including phenoxy) is 1. The molecule has 0 aliphatic heterocycles. The Hall–Kier alpha value is -3.34. The van der Waals surface area contributed by atoms with E-state index in [0.29, 0.717) is 25.3 Å². The summed E-state index contributed by atoms with van der Waals surface area (Å²) in [6, 6.07) is 21.1. The van der Waals surface area contributed by atoms with Crippen LogP contribution in [0.1, 0.15) is 31.4 Å². The molecule has 0 saturated heterocycles. The van der Waals surface area contributed by atoms with Gasteiger partial charge in [-0.2, -0.15) is 0 Å². The van der Waals surface area contributed by atoms with Crippen LogP contribution in [0, 0.1) is 6.92 Å². The van der Waals surface area contributed by atoms with E-state index in [1.807, 2.05) is 87.5 Å². The molecule has 162 valence electrons. The highest BCUT2D eigenvalue weighted by atomic mass is 16.5. The molecule has 3 aromatic carbocycles. The van der Waals surface area contributed by atoms with Crippen LogP contribution in [-0.4, -0.2) is 35.9 Å². The maximum Gasteiger partial charge on any atom is 0.261 e. The second-order valence-corrected chi connectivity index (χ2v) is 7.59. The Balaban J connectivity index is 1.81. The first-order chi connectivity index (χ1) is 15.0. The lowest BCUT2D eigenvalue weighted by Crippen LogP contribution is -2.50. The monoisotopic (exact) mass is 418 g/mol. The van der Waals surface area contributed by atoms with Gasteiger partial charge in [-0.3, -0.25) is 9.59 Å². The third-order valence-corrected chi connectivity index (χ3v) is 5.31. The molecule has 0 fully saturated rings. The molecule has 3 rings (SSSR count). The molecule has 2 amide bonds. The summed E-state index contributed by atoms with van der Waals surface area (Å²) in [7, 11) is 0. The highest BCUT2D eigenvalue weighted by Gasteiger charge is 2.28. The smallest absolute Gasteiger partial charge is 0.261 e. The largest absolute Gasteiger partial charge is 0.483 e. The Bertz CT molecular complexity index is 1030. The van der Waals surface area contributed by atoms with Crippen molar-refractivity contribution in [1.82, 2.24) is 10.2 Å². The fraction of sp³-hybridized carbons (Fsp3) is 0.308. The first kappa shape index (κ1) is 22.3. The van der Waals surface area contributed by atoms with Crippen LogP contribution in [0.2, 0.25) is 0 Å². The minimum absolute atomic E-state index is 0.129. The third kappa shape index (κ3) is 5.63. The molecule has 1 atom stereocenters. The summed E-state index contributed by atoms with van der Waals surface area (Å²) >= 11 is 0. The van der Waals surface area contributed by atoms with Gasteiger partial charge in [0.2, 0.25) is 5.91 Å². The summed E-state index contributed by atoms with van der Waals surface area (Å²) in [5.74, 6) is 0.301. The Morgan fingerprint density at radius 2 is 1.68 bits per heavy atom. The SMILES string of the molecule is CCNC(=O)[C@@H](CC)N(Cc1ccc(C)cc1)C(=O)COc1cccc2ccccc12. The number of nitrogens with one attached hydrogen (secondary N) is 1. The quantitative estimate of drug-likeness (QED) is 0.558. The van der Waals surface area contributed by atoms with Gasteiger partial charge in [-0.05, 0) is 37.3 Å². The molecule has 0 saturated carbocycles. The normalized spacial score (nSPS) is 11.7. The number of nitrogens with zero attached hydrogens (tertiary/aromatic N) is 1. The molecule has 3 aromatic rings. The van der Waals surface area contributed by atoms with E-state index in [1.165, 1.54) is 0 Å². The van der Waals surface area contributed by atoms with Crippen molar-refractivity contribution in [3.8, 4) is 5.75 Å². The van der Waals surface area contributed by atoms with Crippen molar-refractivity contribution in [2.24, 2.45) is 0 Å². The van der Waals surface area contributed by atoms with E-state index in [-0.39, 0.29) is 18.4 Å². The maximum atomic E-state index is 13.3. The summed E-state index contributed by atoms with van der Waals surface area (Å²) in [6.07, 6.45) is 0.525. The van der Waals surface area contributed by atoms with Crippen LogP contribution in [0.15, 0.2) is 66.7 Å². The van der Waals surface area contributed by atoms with Crippen LogP contribution in [0.4, 0.5) is 0 Å². The average Bonchev–Trinajstić information content (AvgIpc) is 2.78. The second-order valence-electron chi connectivity index (χ2n) is 7.59. The Morgan fingerprint density at radius 1 is 0.968 bits per heavy atom. The Labute approximate surface area is 184 Å². The molecule has 31 heavy (non-hydrogen) atoms. The van der Waals surface area contributed by atoms with Crippen molar-refractivity contribution < 1.29 is 14.3 Å². The number of fused-ring (bicyclic) bond motifs is 1. The van der Waals surface area contributed by atoms with Crippen LogP contribution in [0.5, 0.6) is 5.75 Å². The van der Waals surface area contributed by atoms with Crippen molar-refractivity contribution in [2.75, 3.05) is 13.2 Å². The maximum absolute atomic E-state index is 13.3. The summed E-state index contributed by atoms with van der Waals surface area (Å²) in [6.45, 7) is 6.56. The number of carbonyl (C=O) groups excluding carboxylic acids is 2. The number of benzene rings is 3.